The number of hydrogen-bond donors (Lipinski definition) is 0. The van der Waals surface area contributed by atoms with Gasteiger partial charge in [0, 0.05) is 5.56 Å². The standard InChI is InChI=1S/C16H11ClO3/c1-19-11-7-6-10(14(17)9-11)8-13-12-4-2-3-5-15(12)20-16(13)18/h2-9H,1H3. The van der Waals surface area contributed by atoms with E-state index in [-0.39, 0.29) is 5.97 Å². The number of carbonyl (C=O) groups is 1. The summed E-state index contributed by atoms with van der Waals surface area (Å²) in [4.78, 5) is 11.9. The van der Waals surface area contributed by atoms with Crippen molar-refractivity contribution >= 4 is 29.2 Å². The molecule has 0 saturated carbocycles. The molecule has 0 N–H and O–H groups in total. The molecule has 0 fully saturated rings. The molecule has 0 radical (unpaired) electrons. The molecule has 1 heterocycles. The molecule has 0 unspecified atom stereocenters. The quantitative estimate of drug-likeness (QED) is 0.478. The zero-order chi connectivity index (χ0) is 14.1. The largest absolute Gasteiger partial charge is 0.497 e. The molecule has 100 valence electrons. The van der Waals surface area contributed by atoms with Crippen molar-refractivity contribution in [2.45, 2.75) is 0 Å². The van der Waals surface area contributed by atoms with Crippen LogP contribution >= 0.6 is 11.6 Å². The van der Waals surface area contributed by atoms with Gasteiger partial charge in [-0.2, -0.15) is 0 Å². The molecule has 1 aliphatic rings. The van der Waals surface area contributed by atoms with Crippen LogP contribution in [0.5, 0.6) is 11.5 Å². The molecule has 0 aliphatic carbocycles. The summed E-state index contributed by atoms with van der Waals surface area (Å²) < 4.78 is 10.3. The van der Waals surface area contributed by atoms with E-state index in [4.69, 9.17) is 21.1 Å². The second-order valence-corrected chi connectivity index (χ2v) is 4.74. The van der Waals surface area contributed by atoms with E-state index in [9.17, 15) is 4.79 Å². The molecule has 0 amide bonds. The average Bonchev–Trinajstić information content (AvgIpc) is 2.77. The van der Waals surface area contributed by atoms with Crippen LogP contribution in [0, 0.1) is 0 Å². The van der Waals surface area contributed by atoms with Gasteiger partial charge < -0.3 is 9.47 Å². The summed E-state index contributed by atoms with van der Waals surface area (Å²) in [6.07, 6.45) is 1.73. The molecule has 3 rings (SSSR count). The first kappa shape index (κ1) is 12.8. The van der Waals surface area contributed by atoms with E-state index in [1.54, 1.807) is 31.4 Å². The van der Waals surface area contributed by atoms with E-state index in [2.05, 4.69) is 0 Å². The molecule has 2 aromatic rings. The molecule has 4 heteroatoms. The highest BCUT2D eigenvalue weighted by molar-refractivity contribution is 6.33. The minimum Gasteiger partial charge on any atom is -0.497 e. The van der Waals surface area contributed by atoms with Gasteiger partial charge in [-0.05, 0) is 35.9 Å². The van der Waals surface area contributed by atoms with Gasteiger partial charge in [0.2, 0.25) is 0 Å². The summed E-state index contributed by atoms with van der Waals surface area (Å²) >= 11 is 6.18. The Morgan fingerprint density at radius 1 is 1.20 bits per heavy atom. The molecule has 0 aromatic heterocycles. The lowest BCUT2D eigenvalue weighted by molar-refractivity contribution is -0.126. The molecule has 1 aliphatic heterocycles. The number of fused-ring (bicyclic) bond motifs is 1. The van der Waals surface area contributed by atoms with Crippen LogP contribution in [0.25, 0.3) is 11.6 Å². The van der Waals surface area contributed by atoms with E-state index in [1.165, 1.54) is 0 Å². The Kier molecular flexibility index (Phi) is 3.20. The first-order chi connectivity index (χ1) is 9.69. The van der Waals surface area contributed by atoms with Gasteiger partial charge >= 0.3 is 5.97 Å². The third-order valence-corrected chi connectivity index (χ3v) is 3.43. The van der Waals surface area contributed by atoms with Crippen molar-refractivity contribution in [2.75, 3.05) is 7.11 Å². The Bertz CT molecular complexity index is 719. The topological polar surface area (TPSA) is 35.5 Å². The SMILES string of the molecule is COc1ccc(C=C2C(=O)Oc3ccccc32)c(Cl)c1. The normalized spacial score (nSPS) is 15.1. The number of esters is 1. The third-order valence-electron chi connectivity index (χ3n) is 3.11. The van der Waals surface area contributed by atoms with Gasteiger partial charge in [0.15, 0.2) is 0 Å². The molecule has 0 bridgehead atoms. The first-order valence-electron chi connectivity index (χ1n) is 6.06. The summed E-state index contributed by atoms with van der Waals surface area (Å²) in [5, 5.41) is 0.522. The van der Waals surface area contributed by atoms with Crippen molar-refractivity contribution in [3.05, 3.63) is 58.6 Å². The van der Waals surface area contributed by atoms with Gasteiger partial charge in [-0.3, -0.25) is 0 Å². The number of carbonyl (C=O) groups excluding carboxylic acids is 1. The van der Waals surface area contributed by atoms with Crippen LogP contribution in [0.2, 0.25) is 5.02 Å². The fraction of sp³-hybridized carbons (Fsp3) is 0.0625. The Morgan fingerprint density at radius 3 is 2.75 bits per heavy atom. The van der Waals surface area contributed by atoms with E-state index in [1.807, 2.05) is 24.3 Å². The maximum Gasteiger partial charge on any atom is 0.344 e. The van der Waals surface area contributed by atoms with Gasteiger partial charge in [0.1, 0.15) is 11.5 Å². The van der Waals surface area contributed by atoms with Crippen LogP contribution in [-0.4, -0.2) is 13.1 Å². The predicted octanol–water partition coefficient (Wildman–Crippen LogP) is 3.81. The maximum atomic E-state index is 11.9. The van der Waals surface area contributed by atoms with Crippen LogP contribution in [0.3, 0.4) is 0 Å². The van der Waals surface area contributed by atoms with Crippen LogP contribution < -0.4 is 9.47 Å². The zero-order valence-corrected chi connectivity index (χ0v) is 11.5. The van der Waals surface area contributed by atoms with Crippen molar-refractivity contribution in [2.24, 2.45) is 0 Å². The fourth-order valence-electron chi connectivity index (χ4n) is 2.09. The Balaban J connectivity index is 2.07. The lowest BCUT2D eigenvalue weighted by atomic mass is 10.0. The average molecular weight is 287 g/mol. The van der Waals surface area contributed by atoms with Crippen LogP contribution in [0.15, 0.2) is 42.5 Å². The van der Waals surface area contributed by atoms with Gasteiger partial charge in [-0.1, -0.05) is 29.8 Å². The molecule has 3 nitrogen and oxygen atoms in total. The maximum absolute atomic E-state index is 11.9. The molecular weight excluding hydrogens is 276 g/mol. The van der Waals surface area contributed by atoms with Crippen molar-refractivity contribution in [3.8, 4) is 11.5 Å². The van der Waals surface area contributed by atoms with Gasteiger partial charge in [0.25, 0.3) is 0 Å². The molecular formula is C16H11ClO3. The number of ether oxygens (including phenoxy) is 2. The first-order valence-corrected chi connectivity index (χ1v) is 6.43. The highest BCUT2D eigenvalue weighted by Gasteiger charge is 2.26. The Morgan fingerprint density at radius 2 is 2.00 bits per heavy atom. The molecule has 0 atom stereocenters. The number of methoxy groups -OCH3 is 1. The summed E-state index contributed by atoms with van der Waals surface area (Å²) in [6, 6.07) is 12.6. The summed E-state index contributed by atoms with van der Waals surface area (Å²) in [5.74, 6) is 0.887. The second-order valence-electron chi connectivity index (χ2n) is 4.33. The summed E-state index contributed by atoms with van der Waals surface area (Å²) in [6.45, 7) is 0. The monoisotopic (exact) mass is 286 g/mol. The van der Waals surface area contributed by atoms with Gasteiger partial charge in [0.05, 0.1) is 17.7 Å². The highest BCUT2D eigenvalue weighted by atomic mass is 35.5. The van der Waals surface area contributed by atoms with E-state index >= 15 is 0 Å². The molecule has 0 spiro atoms. The number of para-hydroxylation sites is 1. The minimum atomic E-state index is -0.363. The van der Waals surface area contributed by atoms with Crippen molar-refractivity contribution < 1.29 is 14.3 Å². The lowest BCUT2D eigenvalue weighted by Crippen LogP contribution is -2.00. The van der Waals surface area contributed by atoms with Gasteiger partial charge in [-0.15, -0.1) is 0 Å². The predicted molar refractivity (Wildman–Crippen MR) is 78.0 cm³/mol. The molecule has 20 heavy (non-hydrogen) atoms. The summed E-state index contributed by atoms with van der Waals surface area (Å²) in [7, 11) is 1.58. The summed E-state index contributed by atoms with van der Waals surface area (Å²) in [5.41, 5.74) is 2.04. The van der Waals surface area contributed by atoms with Crippen LogP contribution in [0.4, 0.5) is 0 Å². The third kappa shape index (κ3) is 2.17. The Hall–Kier alpha value is -2.26. The van der Waals surface area contributed by atoms with E-state index in [0.717, 1.165) is 11.1 Å². The second kappa shape index (κ2) is 5.02. The van der Waals surface area contributed by atoms with Crippen molar-refractivity contribution in [1.29, 1.82) is 0 Å². The Labute approximate surface area is 121 Å². The highest BCUT2D eigenvalue weighted by Crippen LogP contribution is 2.36. The van der Waals surface area contributed by atoms with E-state index < -0.39 is 0 Å². The van der Waals surface area contributed by atoms with Gasteiger partial charge in [-0.25, -0.2) is 4.79 Å². The number of hydrogen-bond acceptors (Lipinski definition) is 3. The minimum absolute atomic E-state index is 0.363. The van der Waals surface area contributed by atoms with Crippen LogP contribution in [-0.2, 0) is 4.79 Å². The smallest absolute Gasteiger partial charge is 0.344 e. The number of benzene rings is 2. The molecule has 0 saturated heterocycles. The number of rotatable bonds is 2. The van der Waals surface area contributed by atoms with E-state index in [0.29, 0.717) is 22.1 Å². The number of halogens is 1. The lowest BCUT2D eigenvalue weighted by Gasteiger charge is -2.03. The fourth-order valence-corrected chi connectivity index (χ4v) is 2.31. The van der Waals surface area contributed by atoms with Crippen molar-refractivity contribution in [3.63, 3.8) is 0 Å². The zero-order valence-electron chi connectivity index (χ0n) is 10.7. The van der Waals surface area contributed by atoms with Crippen molar-refractivity contribution in [1.82, 2.24) is 0 Å². The molecule has 2 aromatic carbocycles. The van der Waals surface area contributed by atoms with Crippen LogP contribution in [0.1, 0.15) is 11.1 Å².